The third-order valence-corrected chi connectivity index (χ3v) is 6.01. The molecule has 0 aromatic heterocycles. The van der Waals surface area contributed by atoms with Crippen LogP contribution in [0.15, 0.2) is 12.2 Å². The predicted molar refractivity (Wildman–Crippen MR) is 147 cm³/mol. The molecule has 0 saturated carbocycles. The third-order valence-electron chi connectivity index (χ3n) is 6.01. The number of carbonyl (C=O) groups excluding carboxylic acids is 4. The molecule has 0 heterocycles. The minimum Gasteiger partial charge on any atom is -0.462 e. The van der Waals surface area contributed by atoms with E-state index < -0.39 is 18.0 Å². The molecule has 0 rings (SSSR count). The maximum Gasteiger partial charge on any atom is 0.305 e. The van der Waals surface area contributed by atoms with E-state index in [4.69, 9.17) is 18.9 Å². The van der Waals surface area contributed by atoms with Crippen LogP contribution in [0.2, 0.25) is 0 Å². The Morgan fingerprint density at radius 3 is 1.76 bits per heavy atom. The van der Waals surface area contributed by atoms with Crippen molar-refractivity contribution < 1.29 is 38.1 Å². The summed E-state index contributed by atoms with van der Waals surface area (Å²) in [5.41, 5.74) is 0. The van der Waals surface area contributed by atoms with Gasteiger partial charge in [-0.3, -0.25) is 19.2 Å². The van der Waals surface area contributed by atoms with Crippen molar-refractivity contribution in [3.05, 3.63) is 12.2 Å². The summed E-state index contributed by atoms with van der Waals surface area (Å²) in [5, 5.41) is 0. The molecule has 0 aliphatic carbocycles. The fourth-order valence-electron chi connectivity index (χ4n) is 4.04. The van der Waals surface area contributed by atoms with Gasteiger partial charge in [0, 0.05) is 33.6 Å². The van der Waals surface area contributed by atoms with Crippen LogP contribution in [0.25, 0.3) is 0 Å². The largest absolute Gasteiger partial charge is 0.462 e. The summed E-state index contributed by atoms with van der Waals surface area (Å²) in [7, 11) is 0. The molecular weight excluding hydrogens is 488 g/mol. The van der Waals surface area contributed by atoms with E-state index in [0.717, 1.165) is 51.4 Å². The van der Waals surface area contributed by atoms with E-state index in [1.165, 1.54) is 65.7 Å². The van der Waals surface area contributed by atoms with E-state index in [1.54, 1.807) is 0 Å². The van der Waals surface area contributed by atoms with E-state index in [9.17, 15) is 19.2 Å². The zero-order chi connectivity index (χ0) is 28.4. The number of unbranched alkanes of at least 4 members (excludes halogenated alkanes) is 11. The average Bonchev–Trinajstić information content (AvgIpc) is 2.85. The van der Waals surface area contributed by atoms with Crippen LogP contribution in [0, 0.1) is 0 Å². The molecule has 0 amide bonds. The highest BCUT2D eigenvalue weighted by molar-refractivity contribution is 5.69. The van der Waals surface area contributed by atoms with Crippen LogP contribution in [0.1, 0.15) is 130 Å². The maximum atomic E-state index is 11.9. The lowest BCUT2D eigenvalue weighted by Gasteiger charge is -2.16. The van der Waals surface area contributed by atoms with Crippen LogP contribution in [0.4, 0.5) is 0 Å². The van der Waals surface area contributed by atoms with Crippen molar-refractivity contribution in [1.82, 2.24) is 0 Å². The first-order valence-corrected chi connectivity index (χ1v) is 14.5. The Morgan fingerprint density at radius 2 is 1.16 bits per heavy atom. The summed E-state index contributed by atoms with van der Waals surface area (Å²) in [6.45, 7) is 5.94. The average molecular weight is 541 g/mol. The van der Waals surface area contributed by atoms with Crippen molar-refractivity contribution >= 4 is 23.9 Å². The number of esters is 4. The Balaban J connectivity index is 3.74. The van der Waals surface area contributed by atoms with Gasteiger partial charge in [0.1, 0.15) is 19.3 Å². The van der Waals surface area contributed by atoms with Gasteiger partial charge in [0.15, 0.2) is 6.10 Å². The van der Waals surface area contributed by atoms with Crippen LogP contribution >= 0.6 is 0 Å². The lowest BCUT2D eigenvalue weighted by molar-refractivity contribution is -0.164. The molecule has 220 valence electrons. The van der Waals surface area contributed by atoms with Crippen LogP contribution in [-0.2, 0) is 38.1 Å². The molecule has 0 aliphatic heterocycles. The third kappa shape index (κ3) is 25.3. The Labute approximate surface area is 230 Å². The van der Waals surface area contributed by atoms with Crippen LogP contribution in [0.3, 0.4) is 0 Å². The molecule has 38 heavy (non-hydrogen) atoms. The molecule has 0 aliphatic rings. The van der Waals surface area contributed by atoms with Crippen LogP contribution < -0.4 is 0 Å². The van der Waals surface area contributed by atoms with Gasteiger partial charge >= 0.3 is 23.9 Å². The summed E-state index contributed by atoms with van der Waals surface area (Å²) in [4.78, 5) is 45.3. The van der Waals surface area contributed by atoms with Gasteiger partial charge in [0.05, 0.1) is 0 Å². The Morgan fingerprint density at radius 1 is 0.605 bits per heavy atom. The van der Waals surface area contributed by atoms with Gasteiger partial charge in [0.2, 0.25) is 0 Å². The van der Waals surface area contributed by atoms with E-state index in [1.807, 2.05) is 0 Å². The van der Waals surface area contributed by atoms with Crippen molar-refractivity contribution in [1.29, 1.82) is 0 Å². The zero-order valence-electron chi connectivity index (χ0n) is 24.3. The summed E-state index contributed by atoms with van der Waals surface area (Å²) >= 11 is 0. The number of ether oxygens (including phenoxy) is 4. The highest BCUT2D eigenvalue weighted by atomic mass is 16.6. The SMILES string of the molecule is CCCCCCC(CC=CCCCCCCCCCCC(=O)OCC(COC(C)=O)OC(C)=O)OC(C)=O. The lowest BCUT2D eigenvalue weighted by atomic mass is 10.0. The molecule has 0 spiro atoms. The lowest BCUT2D eigenvalue weighted by Crippen LogP contribution is -2.29. The van der Waals surface area contributed by atoms with Crippen molar-refractivity contribution in [2.75, 3.05) is 13.2 Å². The monoisotopic (exact) mass is 540 g/mol. The van der Waals surface area contributed by atoms with Gasteiger partial charge in [-0.15, -0.1) is 0 Å². The van der Waals surface area contributed by atoms with Crippen molar-refractivity contribution in [2.45, 2.75) is 143 Å². The topological polar surface area (TPSA) is 105 Å². The number of carbonyl (C=O) groups is 4. The van der Waals surface area contributed by atoms with Gasteiger partial charge < -0.3 is 18.9 Å². The fraction of sp³-hybridized carbons (Fsp3) is 0.800. The fourth-order valence-corrected chi connectivity index (χ4v) is 4.04. The Bertz CT molecular complexity index is 673. The molecule has 8 nitrogen and oxygen atoms in total. The van der Waals surface area contributed by atoms with E-state index in [2.05, 4.69) is 19.1 Å². The minimum atomic E-state index is -0.783. The van der Waals surface area contributed by atoms with Crippen molar-refractivity contribution in [2.24, 2.45) is 0 Å². The number of hydrogen-bond donors (Lipinski definition) is 0. The van der Waals surface area contributed by atoms with Gasteiger partial charge in [-0.1, -0.05) is 76.9 Å². The summed E-state index contributed by atoms with van der Waals surface area (Å²) in [5.74, 6) is -1.54. The summed E-state index contributed by atoms with van der Waals surface area (Å²) < 4.78 is 20.4. The number of allylic oxidation sites excluding steroid dienone is 1. The van der Waals surface area contributed by atoms with E-state index in [0.29, 0.717) is 6.42 Å². The molecule has 2 atom stereocenters. The number of rotatable bonds is 24. The zero-order valence-corrected chi connectivity index (χ0v) is 24.3. The van der Waals surface area contributed by atoms with Crippen molar-refractivity contribution in [3.8, 4) is 0 Å². The Kier molecular flexibility index (Phi) is 23.4. The first kappa shape index (κ1) is 35.6. The predicted octanol–water partition coefficient (Wildman–Crippen LogP) is 6.77. The standard InChI is InChI=1S/C30H52O8/c1-5-6-7-17-20-28(37-26(3)32)21-18-15-13-11-9-8-10-12-14-16-19-22-30(34)36-24-29(38-27(4)33)23-35-25(2)31/h15,18,28-29H,5-14,16-17,19-24H2,1-4H3. The summed E-state index contributed by atoms with van der Waals surface area (Å²) in [6.07, 6.45) is 20.2. The molecule has 0 radical (unpaired) electrons. The van der Waals surface area contributed by atoms with Crippen LogP contribution in [-0.4, -0.2) is 49.3 Å². The smallest absolute Gasteiger partial charge is 0.305 e. The molecule has 0 N–H and O–H groups in total. The molecule has 0 aromatic rings. The molecule has 0 bridgehead atoms. The molecule has 0 saturated heterocycles. The van der Waals surface area contributed by atoms with Gasteiger partial charge in [-0.2, -0.15) is 0 Å². The second kappa shape index (κ2) is 24.9. The van der Waals surface area contributed by atoms with Crippen molar-refractivity contribution in [3.63, 3.8) is 0 Å². The second-order valence-corrected chi connectivity index (χ2v) is 9.87. The highest BCUT2D eigenvalue weighted by Gasteiger charge is 2.16. The van der Waals surface area contributed by atoms with Gasteiger partial charge in [-0.25, -0.2) is 0 Å². The molecule has 0 aromatic carbocycles. The maximum absolute atomic E-state index is 11.9. The Hall–Kier alpha value is -2.38. The van der Waals surface area contributed by atoms with Gasteiger partial charge in [-0.05, 0) is 32.1 Å². The first-order chi connectivity index (χ1) is 18.2. The second-order valence-electron chi connectivity index (χ2n) is 9.87. The minimum absolute atomic E-state index is 0.00691. The molecule has 2 unspecified atom stereocenters. The molecule has 0 fully saturated rings. The molecular formula is C30H52O8. The molecule has 8 heteroatoms. The highest BCUT2D eigenvalue weighted by Crippen LogP contribution is 2.14. The number of hydrogen-bond acceptors (Lipinski definition) is 8. The quantitative estimate of drug-likeness (QED) is 0.0571. The first-order valence-electron chi connectivity index (χ1n) is 14.5. The van der Waals surface area contributed by atoms with Gasteiger partial charge in [0.25, 0.3) is 0 Å². The van der Waals surface area contributed by atoms with Crippen LogP contribution in [0.5, 0.6) is 0 Å². The van der Waals surface area contributed by atoms with E-state index >= 15 is 0 Å². The normalized spacial score (nSPS) is 12.6. The summed E-state index contributed by atoms with van der Waals surface area (Å²) in [6, 6.07) is 0. The van der Waals surface area contributed by atoms with E-state index in [-0.39, 0.29) is 31.3 Å².